The Morgan fingerprint density at radius 1 is 1.31 bits per heavy atom. The maximum atomic E-state index is 14.8. The molecular formula is C19H17FN4O2. The van der Waals surface area contributed by atoms with Gasteiger partial charge in [0, 0.05) is 35.5 Å². The van der Waals surface area contributed by atoms with Crippen molar-refractivity contribution in [3.05, 3.63) is 47.7 Å². The highest BCUT2D eigenvalue weighted by Crippen LogP contribution is 2.40. The van der Waals surface area contributed by atoms with Crippen molar-refractivity contribution in [1.29, 1.82) is 0 Å². The van der Waals surface area contributed by atoms with Crippen LogP contribution in [0.25, 0.3) is 22.0 Å². The number of fused-ring (bicyclic) bond motifs is 2. The fourth-order valence-electron chi connectivity index (χ4n) is 3.40. The zero-order valence-electron chi connectivity index (χ0n) is 14.4. The molecule has 0 saturated heterocycles. The highest BCUT2D eigenvalue weighted by atomic mass is 19.1. The summed E-state index contributed by atoms with van der Waals surface area (Å²) < 4.78 is 20.1. The van der Waals surface area contributed by atoms with Crippen LogP contribution in [-0.4, -0.2) is 34.4 Å². The molecule has 2 aromatic heterocycles. The first-order chi connectivity index (χ1) is 12.6. The molecule has 3 heterocycles. The van der Waals surface area contributed by atoms with Gasteiger partial charge in [0.05, 0.1) is 36.1 Å². The van der Waals surface area contributed by atoms with Gasteiger partial charge in [0.25, 0.3) is 5.91 Å². The number of pyridine rings is 2. The Morgan fingerprint density at radius 2 is 2.12 bits per heavy atom. The summed E-state index contributed by atoms with van der Waals surface area (Å²) in [6.07, 6.45) is 3.11. The Hall–Kier alpha value is -3.22. The van der Waals surface area contributed by atoms with Gasteiger partial charge in [-0.05, 0) is 25.1 Å². The molecule has 7 heteroatoms. The van der Waals surface area contributed by atoms with Crippen LogP contribution in [0.4, 0.5) is 10.1 Å². The molecule has 26 heavy (non-hydrogen) atoms. The standard InChI is InChI=1S/C19H17FN4O2/c1-3-24-9-13-16(19(24)25)17(21)10-4-5-12(20)15(18(10)23-13)11-8-22-7-6-14(11)26-2/h4-8H,3,9H2,1-2H3,(H2,21,23). The molecule has 0 bridgehead atoms. The molecule has 0 radical (unpaired) electrons. The summed E-state index contributed by atoms with van der Waals surface area (Å²) >= 11 is 0. The minimum atomic E-state index is -0.452. The third-order valence-corrected chi connectivity index (χ3v) is 4.72. The number of rotatable bonds is 3. The Morgan fingerprint density at radius 3 is 2.85 bits per heavy atom. The van der Waals surface area contributed by atoms with Crippen LogP contribution in [0.3, 0.4) is 0 Å². The van der Waals surface area contributed by atoms with Crippen LogP contribution >= 0.6 is 0 Å². The molecule has 1 aliphatic rings. The first kappa shape index (κ1) is 16.3. The van der Waals surface area contributed by atoms with Gasteiger partial charge in [-0.15, -0.1) is 0 Å². The molecule has 0 aliphatic carbocycles. The van der Waals surface area contributed by atoms with E-state index in [1.165, 1.54) is 19.4 Å². The predicted molar refractivity (Wildman–Crippen MR) is 96.3 cm³/mol. The Bertz CT molecular complexity index is 1050. The fraction of sp³-hybridized carbons (Fsp3) is 0.211. The number of hydrogen-bond acceptors (Lipinski definition) is 5. The monoisotopic (exact) mass is 352 g/mol. The van der Waals surface area contributed by atoms with E-state index in [-0.39, 0.29) is 11.5 Å². The van der Waals surface area contributed by atoms with E-state index >= 15 is 0 Å². The summed E-state index contributed by atoms with van der Waals surface area (Å²) in [5.74, 6) is -0.106. The van der Waals surface area contributed by atoms with Gasteiger partial charge in [0.1, 0.15) is 11.6 Å². The van der Waals surface area contributed by atoms with Crippen molar-refractivity contribution in [2.24, 2.45) is 0 Å². The van der Waals surface area contributed by atoms with E-state index in [1.54, 1.807) is 23.2 Å². The van der Waals surface area contributed by atoms with Crippen molar-refractivity contribution < 1.29 is 13.9 Å². The van der Waals surface area contributed by atoms with Crippen molar-refractivity contribution in [3.8, 4) is 16.9 Å². The molecule has 1 amide bonds. The molecule has 1 aliphatic heterocycles. The maximum absolute atomic E-state index is 14.8. The van der Waals surface area contributed by atoms with Gasteiger partial charge >= 0.3 is 0 Å². The van der Waals surface area contributed by atoms with Gasteiger partial charge in [-0.3, -0.25) is 9.78 Å². The maximum Gasteiger partial charge on any atom is 0.258 e. The van der Waals surface area contributed by atoms with Crippen molar-refractivity contribution in [2.45, 2.75) is 13.5 Å². The number of benzene rings is 1. The van der Waals surface area contributed by atoms with Crippen LogP contribution in [0.15, 0.2) is 30.6 Å². The number of ether oxygens (including phenoxy) is 1. The predicted octanol–water partition coefficient (Wildman–Crippen LogP) is 3.00. The van der Waals surface area contributed by atoms with Gasteiger partial charge < -0.3 is 15.4 Å². The number of nitrogen functional groups attached to an aromatic ring is 1. The second-order valence-corrected chi connectivity index (χ2v) is 6.06. The highest BCUT2D eigenvalue weighted by Gasteiger charge is 2.32. The molecule has 0 spiro atoms. The average Bonchev–Trinajstić information content (AvgIpc) is 2.97. The van der Waals surface area contributed by atoms with Crippen LogP contribution in [-0.2, 0) is 6.54 Å². The summed E-state index contributed by atoms with van der Waals surface area (Å²) in [4.78, 5) is 22.9. The molecular weight excluding hydrogens is 335 g/mol. The lowest BCUT2D eigenvalue weighted by Gasteiger charge is -2.13. The van der Waals surface area contributed by atoms with E-state index in [1.807, 2.05) is 6.92 Å². The van der Waals surface area contributed by atoms with E-state index in [0.29, 0.717) is 52.3 Å². The first-order valence-corrected chi connectivity index (χ1v) is 8.25. The number of aromatic nitrogens is 2. The minimum Gasteiger partial charge on any atom is -0.496 e. The van der Waals surface area contributed by atoms with Gasteiger partial charge in [-0.25, -0.2) is 9.37 Å². The second-order valence-electron chi connectivity index (χ2n) is 6.06. The van der Waals surface area contributed by atoms with Crippen LogP contribution in [0.5, 0.6) is 5.75 Å². The van der Waals surface area contributed by atoms with Crippen molar-refractivity contribution in [2.75, 3.05) is 19.4 Å². The molecule has 0 atom stereocenters. The SMILES string of the molecule is CCN1Cc2nc3c(-c4cnccc4OC)c(F)ccc3c(N)c2C1=O. The highest BCUT2D eigenvalue weighted by molar-refractivity contribution is 6.11. The third kappa shape index (κ3) is 2.20. The molecule has 1 aromatic carbocycles. The van der Waals surface area contributed by atoms with E-state index in [0.717, 1.165) is 0 Å². The number of nitrogens with two attached hydrogens (primary N) is 1. The molecule has 0 saturated carbocycles. The zero-order chi connectivity index (χ0) is 18.4. The van der Waals surface area contributed by atoms with Crippen LogP contribution in [0, 0.1) is 5.82 Å². The fourth-order valence-corrected chi connectivity index (χ4v) is 3.40. The van der Waals surface area contributed by atoms with Crippen LogP contribution < -0.4 is 10.5 Å². The smallest absolute Gasteiger partial charge is 0.258 e. The van der Waals surface area contributed by atoms with Crippen molar-refractivity contribution >= 4 is 22.5 Å². The Labute approximate surface area is 149 Å². The number of anilines is 1. The molecule has 2 N–H and O–H groups in total. The lowest BCUT2D eigenvalue weighted by molar-refractivity contribution is 0.0787. The Balaban J connectivity index is 2.06. The summed E-state index contributed by atoms with van der Waals surface area (Å²) in [7, 11) is 1.51. The van der Waals surface area contributed by atoms with Gasteiger partial charge in [-0.2, -0.15) is 0 Å². The molecule has 3 aromatic rings. The van der Waals surface area contributed by atoms with Crippen LogP contribution in [0.2, 0.25) is 0 Å². The molecule has 0 fully saturated rings. The van der Waals surface area contributed by atoms with E-state index in [9.17, 15) is 9.18 Å². The number of carbonyl (C=O) groups is 1. The quantitative estimate of drug-likeness (QED) is 0.784. The normalized spacial score (nSPS) is 13.3. The van der Waals surface area contributed by atoms with Gasteiger partial charge in [0.15, 0.2) is 0 Å². The number of halogens is 1. The summed E-state index contributed by atoms with van der Waals surface area (Å²) in [6, 6.07) is 4.54. The van der Waals surface area contributed by atoms with Crippen LogP contribution in [0.1, 0.15) is 23.0 Å². The number of hydrogen-bond donors (Lipinski definition) is 1. The average molecular weight is 352 g/mol. The first-order valence-electron chi connectivity index (χ1n) is 8.25. The Kier molecular flexibility index (Phi) is 3.72. The van der Waals surface area contributed by atoms with Gasteiger partial charge in [0.2, 0.25) is 0 Å². The van der Waals surface area contributed by atoms with E-state index < -0.39 is 5.82 Å². The number of methoxy groups -OCH3 is 1. The van der Waals surface area contributed by atoms with E-state index in [4.69, 9.17) is 10.5 Å². The lowest BCUT2D eigenvalue weighted by Crippen LogP contribution is -2.23. The number of amides is 1. The van der Waals surface area contributed by atoms with Gasteiger partial charge in [-0.1, -0.05) is 0 Å². The summed E-state index contributed by atoms with van der Waals surface area (Å²) in [5, 5.41) is 0.539. The largest absolute Gasteiger partial charge is 0.496 e. The molecule has 132 valence electrons. The number of carbonyl (C=O) groups excluding carboxylic acids is 1. The van der Waals surface area contributed by atoms with Crippen molar-refractivity contribution in [3.63, 3.8) is 0 Å². The third-order valence-electron chi connectivity index (χ3n) is 4.72. The summed E-state index contributed by atoms with van der Waals surface area (Å²) in [6.45, 7) is 2.82. The minimum absolute atomic E-state index is 0.140. The summed E-state index contributed by atoms with van der Waals surface area (Å²) in [5.41, 5.74) is 8.75. The topological polar surface area (TPSA) is 81.3 Å². The van der Waals surface area contributed by atoms with E-state index in [2.05, 4.69) is 9.97 Å². The van der Waals surface area contributed by atoms with Crippen molar-refractivity contribution in [1.82, 2.24) is 14.9 Å². The zero-order valence-corrected chi connectivity index (χ0v) is 14.4. The second kappa shape index (κ2) is 5.94. The molecule has 0 unspecified atom stereocenters. The number of nitrogens with zero attached hydrogens (tertiary/aromatic N) is 3. The lowest BCUT2D eigenvalue weighted by atomic mass is 9.99. The molecule has 6 nitrogen and oxygen atoms in total. The molecule has 4 rings (SSSR count).